The van der Waals surface area contributed by atoms with Crippen LogP contribution in [-0.4, -0.2) is 75.6 Å². The third-order valence-corrected chi connectivity index (χ3v) is 8.33. The minimum absolute atomic E-state index is 0.128. The van der Waals surface area contributed by atoms with Crippen molar-refractivity contribution in [2.24, 2.45) is 10.3 Å². The summed E-state index contributed by atoms with van der Waals surface area (Å²) in [4.78, 5) is 41.5. The van der Waals surface area contributed by atoms with Gasteiger partial charge in [-0.2, -0.15) is 0 Å². The maximum Gasteiger partial charge on any atom is 0.573 e. The molecule has 2 aromatic carbocycles. The number of hydrogen-bond acceptors (Lipinski definition) is 16. The summed E-state index contributed by atoms with van der Waals surface area (Å²) >= 11 is 0. The van der Waals surface area contributed by atoms with Crippen molar-refractivity contribution in [3.63, 3.8) is 0 Å². The Kier molecular flexibility index (Phi) is 13.4. The minimum atomic E-state index is -4.77. The van der Waals surface area contributed by atoms with E-state index in [2.05, 4.69) is 29.8 Å². The maximum atomic E-state index is 12.2. The molecular formula is C34H28F6N6O12S2. The quantitative estimate of drug-likeness (QED) is 0.199. The number of aromatic nitrogens is 2. The number of nitrogens with zero attached hydrogens (tertiary/aromatic N) is 4. The number of rotatable bonds is 10. The largest absolute Gasteiger partial charge is 0.573 e. The lowest BCUT2D eigenvalue weighted by atomic mass is 10.1. The molecule has 0 fully saturated rings. The number of pyridine rings is 2. The summed E-state index contributed by atoms with van der Waals surface area (Å²) < 4.78 is 140. The number of ether oxygens (including phenoxy) is 4. The van der Waals surface area contributed by atoms with E-state index in [0.717, 1.165) is 36.8 Å². The summed E-state index contributed by atoms with van der Waals surface area (Å²) in [6, 6.07) is 15.6. The van der Waals surface area contributed by atoms with Gasteiger partial charge in [0.25, 0.3) is 11.8 Å². The molecule has 2 atom stereocenters. The lowest BCUT2D eigenvalue weighted by molar-refractivity contribution is -0.275. The molecule has 2 aliphatic heterocycles. The molecule has 0 radical (unpaired) electrons. The van der Waals surface area contributed by atoms with E-state index in [1.165, 1.54) is 60.9 Å². The molecule has 320 valence electrons. The number of benzene rings is 2. The number of carbonyl (C=O) groups is 2. The number of nitrogens with one attached hydrogen (secondary N) is 2. The zero-order valence-electron chi connectivity index (χ0n) is 30.4. The third-order valence-electron chi connectivity index (χ3n) is 7.22. The molecule has 4 heterocycles. The van der Waals surface area contributed by atoms with Crippen LogP contribution in [0.15, 0.2) is 95.5 Å². The van der Waals surface area contributed by atoms with Gasteiger partial charge in [-0.1, -0.05) is 34.6 Å². The molecule has 4 aromatic rings. The molecule has 2 amide bonds. The summed E-state index contributed by atoms with van der Waals surface area (Å²) in [6.45, 7) is 0. The molecule has 0 unspecified atom stereocenters. The number of halogens is 6. The number of alkyl halides is 6. The van der Waals surface area contributed by atoms with Gasteiger partial charge >= 0.3 is 12.7 Å². The van der Waals surface area contributed by atoms with Crippen molar-refractivity contribution in [2.75, 3.05) is 12.5 Å². The standard InChI is InChI=1S/2C17H14F3N3O6S/c2*1-30(25,26)23-16(24)13-7-6-12(9-21-13)27-15-8-14(29-22-15)10-2-4-11(5-3-10)28-17(18,19)20/h2*2-7,9,14H,8H2,1H3,(H,23,24)/t2*14-/m10/s1. The van der Waals surface area contributed by atoms with E-state index in [1.54, 1.807) is 9.44 Å². The van der Waals surface area contributed by atoms with Gasteiger partial charge in [0.05, 0.1) is 37.7 Å². The van der Waals surface area contributed by atoms with Crippen molar-refractivity contribution in [1.29, 1.82) is 0 Å². The molecule has 60 heavy (non-hydrogen) atoms. The first-order valence-electron chi connectivity index (χ1n) is 16.5. The Balaban J connectivity index is 0.000000228. The van der Waals surface area contributed by atoms with E-state index in [0.29, 0.717) is 11.1 Å². The summed E-state index contributed by atoms with van der Waals surface area (Å²) in [5.41, 5.74) is 0.878. The van der Waals surface area contributed by atoms with E-state index >= 15 is 0 Å². The Morgan fingerprint density at radius 2 is 0.917 bits per heavy atom. The van der Waals surface area contributed by atoms with Crippen LogP contribution >= 0.6 is 0 Å². The molecule has 2 N–H and O–H groups in total. The normalized spacial score (nSPS) is 16.4. The highest BCUT2D eigenvalue weighted by Gasteiger charge is 2.33. The molecule has 26 heteroatoms. The van der Waals surface area contributed by atoms with Gasteiger partial charge in [0.15, 0.2) is 12.2 Å². The van der Waals surface area contributed by atoms with Gasteiger partial charge in [-0.05, 0) is 59.7 Å². The van der Waals surface area contributed by atoms with Gasteiger partial charge in [0, 0.05) is 0 Å². The fourth-order valence-corrected chi connectivity index (χ4v) is 5.70. The number of amides is 2. The third kappa shape index (κ3) is 14.3. The van der Waals surface area contributed by atoms with Crippen molar-refractivity contribution in [3.8, 4) is 23.0 Å². The topological polar surface area (TPSA) is 232 Å². The van der Waals surface area contributed by atoms with Gasteiger partial charge in [0.1, 0.15) is 34.4 Å². The van der Waals surface area contributed by atoms with Crippen LogP contribution in [0.1, 0.15) is 57.2 Å². The Labute approximate surface area is 335 Å². The van der Waals surface area contributed by atoms with Gasteiger partial charge in [-0.3, -0.25) is 9.59 Å². The molecule has 0 saturated heterocycles. The van der Waals surface area contributed by atoms with Crippen LogP contribution in [0.2, 0.25) is 0 Å². The highest BCUT2D eigenvalue weighted by molar-refractivity contribution is 7.89. The van der Waals surface area contributed by atoms with Crippen LogP contribution < -0.4 is 28.4 Å². The van der Waals surface area contributed by atoms with E-state index in [-0.39, 0.29) is 59.0 Å². The summed E-state index contributed by atoms with van der Waals surface area (Å²) in [7, 11) is -7.43. The lowest BCUT2D eigenvalue weighted by Crippen LogP contribution is -2.29. The monoisotopic (exact) mass is 890 g/mol. The molecule has 0 aliphatic carbocycles. The van der Waals surface area contributed by atoms with Gasteiger partial charge in [-0.15, -0.1) is 26.3 Å². The summed E-state index contributed by atoms with van der Waals surface area (Å²) in [6.07, 6.45) is -6.17. The van der Waals surface area contributed by atoms with E-state index in [4.69, 9.17) is 19.1 Å². The number of carbonyl (C=O) groups excluding carboxylic acids is 2. The molecule has 0 bridgehead atoms. The second-order valence-corrected chi connectivity index (χ2v) is 15.7. The Morgan fingerprint density at radius 1 is 0.583 bits per heavy atom. The number of hydrogen-bond donors (Lipinski definition) is 2. The predicted octanol–water partition coefficient (Wildman–Crippen LogP) is 5.05. The van der Waals surface area contributed by atoms with Gasteiger partial charge in [0.2, 0.25) is 31.8 Å². The Bertz CT molecular complexity index is 2280. The predicted molar refractivity (Wildman–Crippen MR) is 192 cm³/mol. The van der Waals surface area contributed by atoms with E-state index < -0.39 is 56.8 Å². The number of oxime groups is 2. The maximum absolute atomic E-state index is 12.2. The molecular weight excluding hydrogens is 863 g/mol. The van der Waals surface area contributed by atoms with E-state index in [1.807, 2.05) is 0 Å². The van der Waals surface area contributed by atoms with Crippen LogP contribution in [0.5, 0.6) is 23.0 Å². The first-order chi connectivity index (χ1) is 28.0. The van der Waals surface area contributed by atoms with Crippen LogP contribution in [0.25, 0.3) is 0 Å². The van der Waals surface area contributed by atoms with Crippen LogP contribution in [0, 0.1) is 0 Å². The summed E-state index contributed by atoms with van der Waals surface area (Å²) in [5, 5.41) is 7.55. The molecule has 18 nitrogen and oxygen atoms in total. The van der Waals surface area contributed by atoms with Crippen LogP contribution in [0.3, 0.4) is 0 Å². The fraction of sp³-hybridized carbons (Fsp3) is 0.235. The Hall–Kier alpha value is -6.70. The minimum Gasteiger partial charge on any atom is -0.438 e. The smallest absolute Gasteiger partial charge is 0.438 e. The van der Waals surface area contributed by atoms with Gasteiger partial charge in [-0.25, -0.2) is 36.2 Å². The second-order valence-electron chi connectivity index (χ2n) is 12.2. The summed E-state index contributed by atoms with van der Waals surface area (Å²) in [5.74, 6) is -1.66. The molecule has 2 aliphatic rings. The average molecular weight is 891 g/mol. The highest BCUT2D eigenvalue weighted by Crippen LogP contribution is 2.32. The first kappa shape index (κ1) is 44.4. The highest BCUT2D eigenvalue weighted by atomic mass is 32.2. The second kappa shape index (κ2) is 18.1. The van der Waals surface area contributed by atoms with Crippen molar-refractivity contribution < 1.29 is 81.4 Å². The van der Waals surface area contributed by atoms with Crippen molar-refractivity contribution in [3.05, 3.63) is 108 Å². The lowest BCUT2D eigenvalue weighted by Gasteiger charge is -2.11. The molecule has 6 rings (SSSR count). The molecule has 2 aromatic heterocycles. The Morgan fingerprint density at radius 3 is 1.20 bits per heavy atom. The zero-order valence-corrected chi connectivity index (χ0v) is 32.1. The molecule has 0 spiro atoms. The SMILES string of the molecule is CS(=O)(=O)NC(=O)c1ccc(OC2=NO[C@@H](c3ccc(OC(F)(F)F)cc3)C2)cn1.CS(=O)(=O)NC(=O)c1ccc(OC2=NO[C@H](c3ccc(OC(F)(F)F)cc3)C2)cn1. The first-order valence-corrected chi connectivity index (χ1v) is 20.2. The van der Waals surface area contributed by atoms with E-state index in [9.17, 15) is 52.8 Å². The van der Waals surface area contributed by atoms with Crippen molar-refractivity contribution in [2.45, 2.75) is 37.8 Å². The van der Waals surface area contributed by atoms with Crippen molar-refractivity contribution >= 4 is 43.7 Å². The van der Waals surface area contributed by atoms with Crippen LogP contribution in [-0.2, 0) is 29.7 Å². The van der Waals surface area contributed by atoms with Crippen LogP contribution in [0.4, 0.5) is 26.3 Å². The fourth-order valence-electron chi connectivity index (χ4n) is 4.82. The van der Waals surface area contributed by atoms with Gasteiger partial charge < -0.3 is 28.6 Å². The van der Waals surface area contributed by atoms with Crippen molar-refractivity contribution in [1.82, 2.24) is 19.4 Å². The number of sulfonamides is 2. The average Bonchev–Trinajstić information content (AvgIpc) is 3.80. The molecule has 0 saturated carbocycles. The zero-order chi connectivity index (χ0) is 43.9.